The number of hydrogen-bond acceptors (Lipinski definition) is 5. The maximum atomic E-state index is 13.1. The fraction of sp³-hybridized carbons (Fsp3) is 0.258. The molecule has 1 aliphatic rings. The number of aryl methyl sites for hydroxylation is 1. The number of aromatic nitrogens is 1. The van der Waals surface area contributed by atoms with Crippen LogP contribution in [0, 0.1) is 6.92 Å². The van der Waals surface area contributed by atoms with E-state index >= 15 is 0 Å². The van der Waals surface area contributed by atoms with Gasteiger partial charge in [0.15, 0.2) is 6.10 Å². The van der Waals surface area contributed by atoms with E-state index in [9.17, 15) is 9.59 Å². The first-order chi connectivity index (χ1) is 18.5. The Morgan fingerprint density at radius 1 is 1.00 bits per heavy atom. The van der Waals surface area contributed by atoms with Crippen molar-refractivity contribution in [2.75, 3.05) is 18.4 Å². The fourth-order valence-electron chi connectivity index (χ4n) is 4.75. The van der Waals surface area contributed by atoms with Gasteiger partial charge in [0.1, 0.15) is 11.4 Å². The SMILES string of the molecule is Cc1ccc(NC(=O)c2csc(C3CCN(C(=O)C(C)Oc4ccccc4)CC3)n2)c(-c2ccccc2)c1. The summed E-state index contributed by atoms with van der Waals surface area (Å²) in [5.41, 5.74) is 4.35. The molecule has 194 valence electrons. The Kier molecular flexibility index (Phi) is 7.84. The molecule has 4 aromatic rings. The van der Waals surface area contributed by atoms with E-state index in [0.717, 1.165) is 40.2 Å². The van der Waals surface area contributed by atoms with E-state index in [1.165, 1.54) is 11.3 Å². The molecule has 1 N–H and O–H groups in total. The molecule has 1 aromatic heterocycles. The number of nitrogens with zero attached hydrogens (tertiary/aromatic N) is 2. The van der Waals surface area contributed by atoms with E-state index in [1.54, 1.807) is 6.92 Å². The summed E-state index contributed by atoms with van der Waals surface area (Å²) in [6.45, 7) is 5.14. The van der Waals surface area contributed by atoms with E-state index in [-0.39, 0.29) is 17.7 Å². The minimum atomic E-state index is -0.535. The highest BCUT2D eigenvalue weighted by atomic mass is 32.1. The molecule has 1 atom stereocenters. The highest BCUT2D eigenvalue weighted by Crippen LogP contribution is 2.32. The third kappa shape index (κ3) is 5.94. The molecular weight excluding hydrogens is 494 g/mol. The van der Waals surface area contributed by atoms with Crippen molar-refractivity contribution in [3.8, 4) is 16.9 Å². The highest BCUT2D eigenvalue weighted by Gasteiger charge is 2.29. The van der Waals surface area contributed by atoms with E-state index < -0.39 is 6.10 Å². The van der Waals surface area contributed by atoms with Gasteiger partial charge in [-0.05, 0) is 56.5 Å². The lowest BCUT2D eigenvalue weighted by molar-refractivity contribution is -0.139. The van der Waals surface area contributed by atoms with Gasteiger partial charge in [-0.15, -0.1) is 11.3 Å². The van der Waals surface area contributed by atoms with Gasteiger partial charge in [-0.1, -0.05) is 60.2 Å². The lowest BCUT2D eigenvalue weighted by Gasteiger charge is -2.32. The average molecular weight is 526 g/mol. The van der Waals surface area contributed by atoms with Crippen LogP contribution >= 0.6 is 11.3 Å². The van der Waals surface area contributed by atoms with Crippen molar-refractivity contribution < 1.29 is 14.3 Å². The summed E-state index contributed by atoms with van der Waals surface area (Å²) >= 11 is 1.52. The zero-order chi connectivity index (χ0) is 26.5. The normalized spacial score (nSPS) is 14.6. The molecule has 2 heterocycles. The van der Waals surface area contributed by atoms with Gasteiger partial charge in [0.05, 0.1) is 5.01 Å². The summed E-state index contributed by atoms with van der Waals surface area (Å²) in [7, 11) is 0. The van der Waals surface area contributed by atoms with Crippen molar-refractivity contribution in [2.24, 2.45) is 0 Å². The predicted octanol–water partition coefficient (Wildman–Crippen LogP) is 6.54. The first kappa shape index (κ1) is 25.7. The Labute approximate surface area is 227 Å². The van der Waals surface area contributed by atoms with Gasteiger partial charge in [0.25, 0.3) is 11.8 Å². The maximum Gasteiger partial charge on any atom is 0.275 e. The number of anilines is 1. The number of likely N-dealkylation sites (tertiary alicyclic amines) is 1. The smallest absolute Gasteiger partial charge is 0.275 e. The molecule has 2 amide bonds. The number of carbonyl (C=O) groups excluding carboxylic acids is 2. The first-order valence-electron chi connectivity index (χ1n) is 12.9. The number of rotatable bonds is 7. The predicted molar refractivity (Wildman–Crippen MR) is 152 cm³/mol. The molecule has 1 saturated heterocycles. The molecule has 0 aliphatic carbocycles. The van der Waals surface area contributed by atoms with Crippen LogP contribution in [0.3, 0.4) is 0 Å². The van der Waals surface area contributed by atoms with Crippen LogP contribution in [0.15, 0.2) is 84.2 Å². The van der Waals surface area contributed by atoms with Gasteiger partial charge in [0.2, 0.25) is 0 Å². The molecule has 0 spiro atoms. The zero-order valence-corrected chi connectivity index (χ0v) is 22.4. The largest absolute Gasteiger partial charge is 0.481 e. The van der Waals surface area contributed by atoms with Crippen molar-refractivity contribution in [3.63, 3.8) is 0 Å². The summed E-state index contributed by atoms with van der Waals surface area (Å²) in [5.74, 6) is 0.709. The molecular formula is C31H31N3O3S. The van der Waals surface area contributed by atoms with Crippen molar-refractivity contribution in [1.29, 1.82) is 0 Å². The second-order valence-electron chi connectivity index (χ2n) is 9.61. The number of ether oxygens (including phenoxy) is 1. The van der Waals surface area contributed by atoms with Gasteiger partial charge >= 0.3 is 0 Å². The summed E-state index contributed by atoms with van der Waals surface area (Å²) in [4.78, 5) is 32.6. The van der Waals surface area contributed by atoms with Crippen LogP contribution in [-0.4, -0.2) is 40.9 Å². The summed E-state index contributed by atoms with van der Waals surface area (Å²) in [6.07, 6.45) is 1.09. The number of hydrogen-bond donors (Lipinski definition) is 1. The van der Waals surface area contributed by atoms with Gasteiger partial charge < -0.3 is 15.0 Å². The molecule has 0 bridgehead atoms. The van der Waals surface area contributed by atoms with Crippen LogP contribution in [0.1, 0.15) is 46.7 Å². The minimum absolute atomic E-state index is 0.00109. The molecule has 7 heteroatoms. The van der Waals surface area contributed by atoms with Crippen molar-refractivity contribution in [3.05, 3.63) is 101 Å². The second-order valence-corrected chi connectivity index (χ2v) is 10.5. The standard InChI is InChI=1S/C31H31N3O3S/c1-21-13-14-27(26(19-21)23-9-5-3-6-10-23)32-29(35)28-20-38-30(33-28)24-15-17-34(18-16-24)31(36)22(2)37-25-11-7-4-8-12-25/h3-14,19-20,22,24H,15-18H2,1-2H3,(H,32,35). The lowest BCUT2D eigenvalue weighted by atomic mass is 9.97. The monoisotopic (exact) mass is 525 g/mol. The second kappa shape index (κ2) is 11.6. The highest BCUT2D eigenvalue weighted by molar-refractivity contribution is 7.10. The molecule has 1 fully saturated rings. The van der Waals surface area contributed by atoms with Gasteiger partial charge in [0, 0.05) is 35.6 Å². The van der Waals surface area contributed by atoms with Crippen molar-refractivity contribution in [1.82, 2.24) is 9.88 Å². The van der Waals surface area contributed by atoms with Gasteiger partial charge in [-0.3, -0.25) is 9.59 Å². The van der Waals surface area contributed by atoms with E-state index in [2.05, 4.69) is 16.4 Å². The number of carbonyl (C=O) groups is 2. The molecule has 1 unspecified atom stereocenters. The number of nitrogens with one attached hydrogen (secondary N) is 1. The number of thiazole rings is 1. The number of benzene rings is 3. The van der Waals surface area contributed by atoms with Crippen molar-refractivity contribution >= 4 is 28.8 Å². The van der Waals surface area contributed by atoms with Gasteiger partial charge in [-0.25, -0.2) is 4.98 Å². The first-order valence-corrected chi connectivity index (χ1v) is 13.8. The molecule has 3 aromatic carbocycles. The fourth-order valence-corrected chi connectivity index (χ4v) is 5.72. The topological polar surface area (TPSA) is 71.5 Å². The zero-order valence-electron chi connectivity index (χ0n) is 21.6. The Morgan fingerprint density at radius 2 is 1.68 bits per heavy atom. The van der Waals surface area contributed by atoms with Crippen LogP contribution in [0.5, 0.6) is 5.75 Å². The molecule has 5 rings (SSSR count). The summed E-state index contributed by atoms with van der Waals surface area (Å²) < 4.78 is 5.82. The van der Waals surface area contributed by atoms with Crippen LogP contribution in [0.25, 0.3) is 11.1 Å². The molecule has 1 aliphatic heterocycles. The summed E-state index contributed by atoms with van der Waals surface area (Å²) in [6, 6.07) is 25.5. The Hall–Kier alpha value is -3.97. The molecule has 0 radical (unpaired) electrons. The molecule has 38 heavy (non-hydrogen) atoms. The maximum absolute atomic E-state index is 13.1. The Morgan fingerprint density at radius 3 is 2.39 bits per heavy atom. The Bertz CT molecular complexity index is 1400. The third-order valence-corrected chi connectivity index (χ3v) is 7.83. The minimum Gasteiger partial charge on any atom is -0.481 e. The molecule has 6 nitrogen and oxygen atoms in total. The van der Waals surface area contributed by atoms with Crippen molar-refractivity contribution in [2.45, 2.75) is 38.7 Å². The number of para-hydroxylation sites is 1. The Balaban J connectivity index is 1.19. The average Bonchev–Trinajstić information content (AvgIpc) is 3.45. The number of piperidine rings is 1. The van der Waals surface area contributed by atoms with Crippen LogP contribution < -0.4 is 10.1 Å². The van der Waals surface area contributed by atoms with Crippen LogP contribution in [-0.2, 0) is 4.79 Å². The van der Waals surface area contributed by atoms with Crippen LogP contribution in [0.4, 0.5) is 5.69 Å². The quantitative estimate of drug-likeness (QED) is 0.297. The van der Waals surface area contributed by atoms with Crippen LogP contribution in [0.2, 0.25) is 0 Å². The van der Waals surface area contributed by atoms with E-state index in [1.807, 2.05) is 90.0 Å². The van der Waals surface area contributed by atoms with Gasteiger partial charge in [-0.2, -0.15) is 0 Å². The van der Waals surface area contributed by atoms with E-state index in [4.69, 9.17) is 4.74 Å². The summed E-state index contributed by atoms with van der Waals surface area (Å²) in [5, 5.41) is 5.84. The molecule has 0 saturated carbocycles. The van der Waals surface area contributed by atoms with E-state index in [0.29, 0.717) is 24.5 Å². The number of amides is 2. The lowest BCUT2D eigenvalue weighted by Crippen LogP contribution is -2.44. The third-order valence-electron chi connectivity index (χ3n) is 6.82.